The van der Waals surface area contributed by atoms with Gasteiger partial charge >= 0.3 is 0 Å². The third-order valence-corrected chi connectivity index (χ3v) is 4.93. The lowest BCUT2D eigenvalue weighted by atomic mass is 9.96. The van der Waals surface area contributed by atoms with Crippen LogP contribution in [0.15, 0.2) is 36.4 Å². The lowest BCUT2D eigenvalue weighted by molar-refractivity contribution is 0.455. The fourth-order valence-corrected chi connectivity index (χ4v) is 3.59. The zero-order valence-electron chi connectivity index (χ0n) is 16.8. The van der Waals surface area contributed by atoms with Crippen molar-refractivity contribution in [2.24, 2.45) is 0 Å². The van der Waals surface area contributed by atoms with Gasteiger partial charge in [0.1, 0.15) is 23.0 Å². The molecule has 3 rings (SSSR count). The molecule has 0 atom stereocenters. The smallest absolute Gasteiger partial charge is 0.133 e. The molecular formula is C24H26O3. The van der Waals surface area contributed by atoms with E-state index in [0.717, 1.165) is 56.0 Å². The number of phenols is 2. The first-order chi connectivity index (χ1) is 12.7. The van der Waals surface area contributed by atoms with Crippen LogP contribution in [0.5, 0.6) is 23.0 Å². The van der Waals surface area contributed by atoms with Gasteiger partial charge in [-0.3, -0.25) is 0 Å². The summed E-state index contributed by atoms with van der Waals surface area (Å²) in [4.78, 5) is 0. The molecule has 0 aliphatic heterocycles. The molecule has 0 aliphatic carbocycles. The van der Waals surface area contributed by atoms with Gasteiger partial charge in [0.25, 0.3) is 0 Å². The van der Waals surface area contributed by atoms with Crippen LogP contribution in [-0.2, 0) is 0 Å². The van der Waals surface area contributed by atoms with Crippen LogP contribution in [0, 0.1) is 41.5 Å². The van der Waals surface area contributed by atoms with E-state index < -0.39 is 0 Å². The largest absolute Gasteiger partial charge is 0.508 e. The number of hydrogen-bond acceptors (Lipinski definition) is 3. The summed E-state index contributed by atoms with van der Waals surface area (Å²) in [6.07, 6.45) is 0. The van der Waals surface area contributed by atoms with E-state index in [1.165, 1.54) is 0 Å². The van der Waals surface area contributed by atoms with Crippen molar-refractivity contribution in [2.45, 2.75) is 41.5 Å². The summed E-state index contributed by atoms with van der Waals surface area (Å²) in [6.45, 7) is 11.8. The van der Waals surface area contributed by atoms with Crippen molar-refractivity contribution in [1.29, 1.82) is 0 Å². The Bertz CT molecular complexity index is 963. The first-order valence-electron chi connectivity index (χ1n) is 9.07. The minimum Gasteiger partial charge on any atom is -0.508 e. The molecule has 0 unspecified atom stereocenters. The SMILES string of the molecule is Cc1cc(-c2cc(C)c(Oc3c(C)cc(O)cc3C)c(C)c2)cc(C)c1O. The molecular weight excluding hydrogens is 336 g/mol. The molecule has 0 saturated carbocycles. The van der Waals surface area contributed by atoms with Crippen LogP contribution >= 0.6 is 0 Å². The molecule has 0 fully saturated rings. The molecule has 27 heavy (non-hydrogen) atoms. The normalized spacial score (nSPS) is 10.9. The highest BCUT2D eigenvalue weighted by molar-refractivity contribution is 5.70. The molecule has 0 aliphatic rings. The van der Waals surface area contributed by atoms with Gasteiger partial charge in [0, 0.05) is 0 Å². The van der Waals surface area contributed by atoms with Gasteiger partial charge in [0.15, 0.2) is 0 Å². The third kappa shape index (κ3) is 3.63. The molecule has 0 amide bonds. The first kappa shape index (κ1) is 18.8. The van der Waals surface area contributed by atoms with Crippen molar-refractivity contribution in [3.05, 3.63) is 69.8 Å². The van der Waals surface area contributed by atoms with Crippen LogP contribution in [0.3, 0.4) is 0 Å². The number of rotatable bonds is 3. The summed E-state index contributed by atoms with van der Waals surface area (Å²) < 4.78 is 6.26. The Hall–Kier alpha value is -2.94. The first-order valence-corrected chi connectivity index (χ1v) is 9.07. The van der Waals surface area contributed by atoms with Crippen molar-refractivity contribution < 1.29 is 14.9 Å². The van der Waals surface area contributed by atoms with Crippen LogP contribution in [0.4, 0.5) is 0 Å². The highest BCUT2D eigenvalue weighted by Gasteiger charge is 2.14. The Morgan fingerprint density at radius 3 is 1.26 bits per heavy atom. The maximum atomic E-state index is 10.0. The van der Waals surface area contributed by atoms with Crippen molar-refractivity contribution in [3.63, 3.8) is 0 Å². The van der Waals surface area contributed by atoms with Crippen LogP contribution < -0.4 is 4.74 Å². The van der Waals surface area contributed by atoms with Gasteiger partial charge in [-0.05, 0) is 122 Å². The summed E-state index contributed by atoms with van der Waals surface area (Å²) in [5, 5.41) is 19.8. The van der Waals surface area contributed by atoms with Gasteiger partial charge in [-0.2, -0.15) is 0 Å². The molecule has 2 N–H and O–H groups in total. The predicted molar refractivity (Wildman–Crippen MR) is 110 cm³/mol. The van der Waals surface area contributed by atoms with Crippen molar-refractivity contribution in [1.82, 2.24) is 0 Å². The number of benzene rings is 3. The summed E-state index contributed by atoms with van der Waals surface area (Å²) in [6, 6.07) is 11.7. The van der Waals surface area contributed by atoms with Crippen LogP contribution in [0.25, 0.3) is 11.1 Å². The minimum atomic E-state index is 0.249. The van der Waals surface area contributed by atoms with E-state index in [1.54, 1.807) is 12.1 Å². The van der Waals surface area contributed by atoms with Crippen LogP contribution in [-0.4, -0.2) is 10.2 Å². The zero-order chi connectivity index (χ0) is 19.9. The third-order valence-electron chi connectivity index (χ3n) is 4.93. The Kier molecular flexibility index (Phi) is 4.88. The molecule has 0 spiro atoms. The van der Waals surface area contributed by atoms with Crippen LogP contribution in [0.1, 0.15) is 33.4 Å². The molecule has 0 aromatic heterocycles. The van der Waals surface area contributed by atoms with E-state index in [0.29, 0.717) is 5.75 Å². The highest BCUT2D eigenvalue weighted by Crippen LogP contribution is 2.38. The average molecular weight is 362 g/mol. The van der Waals surface area contributed by atoms with Gasteiger partial charge < -0.3 is 14.9 Å². The van der Waals surface area contributed by atoms with Crippen molar-refractivity contribution in [3.8, 4) is 34.1 Å². The van der Waals surface area contributed by atoms with Gasteiger partial charge in [-0.15, -0.1) is 0 Å². The topological polar surface area (TPSA) is 49.7 Å². The second kappa shape index (κ2) is 6.99. The number of hydrogen-bond donors (Lipinski definition) is 2. The summed E-state index contributed by atoms with van der Waals surface area (Å²) in [5.41, 5.74) is 7.81. The fraction of sp³-hybridized carbons (Fsp3) is 0.250. The molecule has 3 aromatic rings. The highest BCUT2D eigenvalue weighted by atomic mass is 16.5. The zero-order valence-corrected chi connectivity index (χ0v) is 16.8. The monoisotopic (exact) mass is 362 g/mol. The molecule has 0 radical (unpaired) electrons. The minimum absolute atomic E-state index is 0.249. The molecule has 0 heterocycles. The second-order valence-corrected chi connectivity index (χ2v) is 7.41. The fourth-order valence-electron chi connectivity index (χ4n) is 3.59. The predicted octanol–water partition coefficient (Wildman–Crippen LogP) is 6.41. The van der Waals surface area contributed by atoms with E-state index in [1.807, 2.05) is 53.7 Å². The van der Waals surface area contributed by atoms with E-state index in [2.05, 4.69) is 12.1 Å². The Balaban J connectivity index is 2.04. The van der Waals surface area contributed by atoms with Gasteiger partial charge in [-0.1, -0.05) is 0 Å². The lowest BCUT2D eigenvalue weighted by Crippen LogP contribution is -1.96. The van der Waals surface area contributed by atoms with E-state index in [9.17, 15) is 10.2 Å². The summed E-state index contributed by atoms with van der Waals surface area (Å²) in [7, 11) is 0. The Morgan fingerprint density at radius 2 is 0.852 bits per heavy atom. The molecule has 3 heteroatoms. The molecule has 0 bridgehead atoms. The standard InChI is InChI=1S/C24H26O3/c1-13-7-19(8-14(2)22(13)26)20-9-15(3)23(16(4)10-20)27-24-17(5)11-21(25)12-18(24)6/h7-12,25-26H,1-6H3. The maximum absolute atomic E-state index is 10.0. The number of aryl methyl sites for hydroxylation is 6. The Morgan fingerprint density at radius 1 is 0.519 bits per heavy atom. The van der Waals surface area contributed by atoms with Crippen molar-refractivity contribution >= 4 is 0 Å². The number of ether oxygens (including phenoxy) is 1. The summed E-state index contributed by atoms with van der Waals surface area (Å²) >= 11 is 0. The Labute approximate surface area is 160 Å². The molecule has 3 aromatic carbocycles. The molecule has 0 saturated heterocycles. The van der Waals surface area contributed by atoms with Gasteiger partial charge in [0.05, 0.1) is 0 Å². The van der Waals surface area contributed by atoms with E-state index >= 15 is 0 Å². The average Bonchev–Trinajstić information content (AvgIpc) is 2.57. The van der Waals surface area contributed by atoms with Gasteiger partial charge in [0.2, 0.25) is 0 Å². The summed E-state index contributed by atoms with van der Waals surface area (Å²) in [5.74, 6) is 2.22. The van der Waals surface area contributed by atoms with Gasteiger partial charge in [-0.25, -0.2) is 0 Å². The number of phenolic OH excluding ortho intramolecular Hbond substituents is 2. The maximum Gasteiger partial charge on any atom is 0.133 e. The van der Waals surface area contributed by atoms with E-state index in [-0.39, 0.29) is 5.75 Å². The van der Waals surface area contributed by atoms with Crippen LogP contribution in [0.2, 0.25) is 0 Å². The molecule has 3 nitrogen and oxygen atoms in total. The molecule has 140 valence electrons. The quantitative estimate of drug-likeness (QED) is 0.566. The van der Waals surface area contributed by atoms with Crippen molar-refractivity contribution in [2.75, 3.05) is 0 Å². The second-order valence-electron chi connectivity index (χ2n) is 7.41. The van der Waals surface area contributed by atoms with E-state index in [4.69, 9.17) is 4.74 Å². The number of aromatic hydroxyl groups is 2. The lowest BCUT2D eigenvalue weighted by Gasteiger charge is -2.18.